The number of amides is 1. The quantitative estimate of drug-likeness (QED) is 0.654. The van der Waals surface area contributed by atoms with Crippen molar-refractivity contribution in [1.29, 1.82) is 0 Å². The summed E-state index contributed by atoms with van der Waals surface area (Å²) >= 11 is 0. The Morgan fingerprint density at radius 1 is 1.10 bits per heavy atom. The third-order valence-electron chi connectivity index (χ3n) is 5.49. The van der Waals surface area contributed by atoms with Gasteiger partial charge in [-0.15, -0.1) is 0 Å². The van der Waals surface area contributed by atoms with E-state index >= 15 is 0 Å². The first kappa shape index (κ1) is 19.2. The van der Waals surface area contributed by atoms with Gasteiger partial charge in [-0.2, -0.15) is 0 Å². The molecule has 4 rings (SSSR count). The normalized spacial score (nSPS) is 14.1. The minimum Gasteiger partial charge on any atom is -0.497 e. The van der Waals surface area contributed by atoms with E-state index in [2.05, 4.69) is 29.4 Å². The van der Waals surface area contributed by atoms with Crippen LogP contribution in [0.1, 0.15) is 42.2 Å². The van der Waals surface area contributed by atoms with Crippen LogP contribution >= 0.6 is 0 Å². The summed E-state index contributed by atoms with van der Waals surface area (Å²) < 4.78 is 5.41. The lowest BCUT2D eigenvalue weighted by molar-refractivity contribution is 0.0719. The van der Waals surface area contributed by atoms with Crippen LogP contribution in [0.2, 0.25) is 0 Å². The molecular weight excluding hydrogens is 362 g/mol. The van der Waals surface area contributed by atoms with Crippen LogP contribution in [0.4, 0.5) is 11.4 Å². The van der Waals surface area contributed by atoms with Crippen LogP contribution in [0.3, 0.4) is 0 Å². The molecule has 0 spiro atoms. The molecule has 1 amide bonds. The predicted octanol–water partition coefficient (Wildman–Crippen LogP) is 5.18. The molecule has 2 aromatic carbocycles. The van der Waals surface area contributed by atoms with Gasteiger partial charge >= 0.3 is 0 Å². The van der Waals surface area contributed by atoms with Crippen molar-refractivity contribution in [3.05, 3.63) is 59.8 Å². The summed E-state index contributed by atoms with van der Waals surface area (Å²) in [6, 6.07) is 16.0. The number of carbonyl (C=O) groups is 1. The second kappa shape index (κ2) is 8.52. The van der Waals surface area contributed by atoms with Crippen molar-refractivity contribution < 1.29 is 9.53 Å². The maximum absolute atomic E-state index is 13.1. The molecule has 0 saturated carbocycles. The molecule has 1 saturated heterocycles. The molecule has 29 heavy (non-hydrogen) atoms. The zero-order valence-electron chi connectivity index (χ0n) is 17.1. The van der Waals surface area contributed by atoms with Gasteiger partial charge in [0, 0.05) is 24.2 Å². The molecule has 3 aromatic rings. The van der Waals surface area contributed by atoms with Gasteiger partial charge in [-0.25, -0.2) is 4.98 Å². The number of fused-ring (bicyclic) bond motifs is 1. The monoisotopic (exact) mass is 389 g/mol. The summed E-state index contributed by atoms with van der Waals surface area (Å²) in [5.74, 6) is 0.771. The number of nitrogens with one attached hydrogen (secondary N) is 1. The molecule has 1 fully saturated rings. The fraction of sp³-hybridized carbons (Fsp3) is 0.333. The van der Waals surface area contributed by atoms with E-state index < -0.39 is 0 Å². The van der Waals surface area contributed by atoms with Crippen LogP contribution < -0.4 is 10.1 Å². The van der Waals surface area contributed by atoms with Crippen LogP contribution in [0.25, 0.3) is 10.9 Å². The number of hydrogen-bond acceptors (Lipinski definition) is 4. The number of piperidine rings is 1. The summed E-state index contributed by atoms with van der Waals surface area (Å²) in [7, 11) is 1.65. The van der Waals surface area contributed by atoms with E-state index in [0.717, 1.165) is 60.4 Å². The van der Waals surface area contributed by atoms with E-state index in [1.165, 1.54) is 12.0 Å². The van der Waals surface area contributed by atoms with Gasteiger partial charge in [0.05, 0.1) is 18.3 Å². The summed E-state index contributed by atoms with van der Waals surface area (Å²) in [6.07, 6.45) is 4.28. The Hall–Kier alpha value is -3.08. The number of likely N-dealkylation sites (tertiary alicyclic amines) is 1. The lowest BCUT2D eigenvalue weighted by Gasteiger charge is -2.26. The number of hydrogen-bond donors (Lipinski definition) is 1. The molecule has 5 nitrogen and oxygen atoms in total. The number of aromatic nitrogens is 1. The molecule has 1 aliphatic rings. The highest BCUT2D eigenvalue weighted by Gasteiger charge is 2.21. The summed E-state index contributed by atoms with van der Waals surface area (Å²) in [4.78, 5) is 19.7. The van der Waals surface area contributed by atoms with Crippen molar-refractivity contribution in [3.8, 4) is 5.75 Å². The number of nitrogens with zero attached hydrogens (tertiary/aromatic N) is 2. The zero-order chi connectivity index (χ0) is 20.2. The fourth-order valence-corrected chi connectivity index (χ4v) is 3.83. The molecule has 1 N–H and O–H groups in total. The first-order valence-corrected chi connectivity index (χ1v) is 10.3. The van der Waals surface area contributed by atoms with Crippen molar-refractivity contribution in [2.75, 3.05) is 25.5 Å². The van der Waals surface area contributed by atoms with Gasteiger partial charge in [-0.05, 0) is 67.6 Å². The average molecular weight is 389 g/mol. The second-order valence-electron chi connectivity index (χ2n) is 7.47. The van der Waals surface area contributed by atoms with E-state index in [-0.39, 0.29) is 5.91 Å². The van der Waals surface area contributed by atoms with Gasteiger partial charge in [0.25, 0.3) is 5.91 Å². The SMILES string of the molecule is CCc1cccc(Nc2cc(C(=O)N3CCCCC3)nc3ccc(OC)cc23)c1. The Labute approximate surface area is 171 Å². The number of ether oxygens (including phenoxy) is 1. The minimum absolute atomic E-state index is 0.00720. The largest absolute Gasteiger partial charge is 0.497 e. The number of anilines is 2. The highest BCUT2D eigenvalue weighted by molar-refractivity contribution is 6.01. The van der Waals surface area contributed by atoms with E-state index in [1.54, 1.807) is 7.11 Å². The lowest BCUT2D eigenvalue weighted by Crippen LogP contribution is -2.36. The van der Waals surface area contributed by atoms with Gasteiger partial charge < -0.3 is 15.0 Å². The van der Waals surface area contributed by atoms with Gasteiger partial charge in [0.15, 0.2) is 0 Å². The third-order valence-corrected chi connectivity index (χ3v) is 5.49. The van der Waals surface area contributed by atoms with E-state index in [1.807, 2.05) is 41.3 Å². The third kappa shape index (κ3) is 4.19. The van der Waals surface area contributed by atoms with Crippen molar-refractivity contribution >= 4 is 28.2 Å². The van der Waals surface area contributed by atoms with Crippen LogP contribution in [0, 0.1) is 0 Å². The molecular formula is C24H27N3O2. The number of rotatable bonds is 5. The first-order chi connectivity index (χ1) is 14.2. The second-order valence-corrected chi connectivity index (χ2v) is 7.47. The summed E-state index contributed by atoms with van der Waals surface area (Å²) in [5.41, 5.74) is 4.38. The van der Waals surface area contributed by atoms with Gasteiger partial charge in [0.2, 0.25) is 0 Å². The zero-order valence-corrected chi connectivity index (χ0v) is 17.1. The van der Waals surface area contributed by atoms with E-state index in [0.29, 0.717) is 5.69 Å². The molecule has 150 valence electrons. The standard InChI is InChI=1S/C24H27N3O2/c1-3-17-8-7-9-18(14-17)25-22-16-23(24(28)27-12-5-4-6-13-27)26-21-11-10-19(29-2)15-20(21)22/h7-11,14-16H,3-6,12-13H2,1-2H3,(H,25,26). The topological polar surface area (TPSA) is 54.5 Å². The van der Waals surface area contributed by atoms with Crippen molar-refractivity contribution in [2.24, 2.45) is 0 Å². The highest BCUT2D eigenvalue weighted by atomic mass is 16.5. The Balaban J connectivity index is 1.77. The van der Waals surface area contributed by atoms with Crippen molar-refractivity contribution in [2.45, 2.75) is 32.6 Å². The molecule has 1 aliphatic heterocycles. The summed E-state index contributed by atoms with van der Waals surface area (Å²) in [6.45, 7) is 3.76. The maximum atomic E-state index is 13.1. The Morgan fingerprint density at radius 2 is 1.93 bits per heavy atom. The summed E-state index contributed by atoms with van der Waals surface area (Å²) in [5, 5.41) is 4.44. The van der Waals surface area contributed by atoms with Gasteiger partial charge in [-0.3, -0.25) is 4.79 Å². The number of pyridine rings is 1. The van der Waals surface area contributed by atoms with Crippen LogP contribution in [0.5, 0.6) is 5.75 Å². The number of aryl methyl sites for hydroxylation is 1. The highest BCUT2D eigenvalue weighted by Crippen LogP contribution is 2.30. The smallest absolute Gasteiger partial charge is 0.272 e. The molecule has 0 radical (unpaired) electrons. The minimum atomic E-state index is 0.00720. The van der Waals surface area contributed by atoms with Crippen LogP contribution in [0.15, 0.2) is 48.5 Å². The van der Waals surface area contributed by atoms with Crippen molar-refractivity contribution in [1.82, 2.24) is 9.88 Å². The lowest BCUT2D eigenvalue weighted by atomic mass is 10.1. The molecule has 2 heterocycles. The van der Waals surface area contributed by atoms with Gasteiger partial charge in [0.1, 0.15) is 11.4 Å². The number of benzene rings is 2. The molecule has 0 unspecified atom stereocenters. The van der Waals surface area contributed by atoms with Crippen LogP contribution in [-0.4, -0.2) is 36.0 Å². The van der Waals surface area contributed by atoms with E-state index in [9.17, 15) is 4.79 Å². The average Bonchev–Trinajstić information content (AvgIpc) is 2.79. The molecule has 1 aromatic heterocycles. The van der Waals surface area contributed by atoms with Gasteiger partial charge in [-0.1, -0.05) is 19.1 Å². The van der Waals surface area contributed by atoms with E-state index in [4.69, 9.17) is 4.74 Å². The van der Waals surface area contributed by atoms with Crippen molar-refractivity contribution in [3.63, 3.8) is 0 Å². The molecule has 0 bridgehead atoms. The number of methoxy groups -OCH3 is 1. The fourth-order valence-electron chi connectivity index (χ4n) is 3.83. The Kier molecular flexibility index (Phi) is 5.65. The van der Waals surface area contributed by atoms with Crippen LogP contribution in [-0.2, 0) is 6.42 Å². The number of carbonyl (C=O) groups excluding carboxylic acids is 1. The predicted molar refractivity (Wildman–Crippen MR) is 117 cm³/mol. The Bertz CT molecular complexity index is 1030. The molecule has 0 atom stereocenters. The Morgan fingerprint density at radius 3 is 2.69 bits per heavy atom. The molecule has 5 heteroatoms. The first-order valence-electron chi connectivity index (χ1n) is 10.3. The maximum Gasteiger partial charge on any atom is 0.272 e. The molecule has 0 aliphatic carbocycles.